The van der Waals surface area contributed by atoms with Crippen LogP contribution in [0.2, 0.25) is 0 Å². The highest BCUT2D eigenvalue weighted by Crippen LogP contribution is 2.31. The molecule has 2 aromatic heterocycles. The van der Waals surface area contributed by atoms with Crippen molar-refractivity contribution in [2.45, 2.75) is 6.92 Å². The summed E-state index contributed by atoms with van der Waals surface area (Å²) in [6, 6.07) is 2.69. The summed E-state index contributed by atoms with van der Waals surface area (Å²) in [5.41, 5.74) is -2.05. The number of fused-ring (bicyclic) bond motifs is 3. The largest absolute Gasteiger partial charge is 0.493 e. The van der Waals surface area contributed by atoms with Crippen molar-refractivity contribution in [1.82, 2.24) is 0 Å². The maximum Gasteiger partial charge on any atom is 0.371 e. The zero-order valence-electron chi connectivity index (χ0n) is 12.7. The summed E-state index contributed by atoms with van der Waals surface area (Å²) in [5, 5.41) is 17.7. The highest BCUT2D eigenvalue weighted by atomic mass is 16.5. The molecule has 0 aliphatic carbocycles. The van der Waals surface area contributed by atoms with Crippen LogP contribution in [0.3, 0.4) is 0 Å². The van der Waals surface area contributed by atoms with Gasteiger partial charge in [0.2, 0.25) is 11.5 Å². The lowest BCUT2D eigenvalue weighted by Crippen LogP contribution is -2.12. The van der Waals surface area contributed by atoms with Gasteiger partial charge < -0.3 is 23.8 Å². The van der Waals surface area contributed by atoms with Gasteiger partial charge in [-0.1, -0.05) is 0 Å². The van der Waals surface area contributed by atoms with Gasteiger partial charge >= 0.3 is 11.9 Å². The molecule has 0 unspecified atom stereocenters. The van der Waals surface area contributed by atoms with E-state index in [1.165, 1.54) is 6.07 Å². The van der Waals surface area contributed by atoms with Crippen molar-refractivity contribution in [2.24, 2.45) is 0 Å². The maximum atomic E-state index is 12.3. The predicted octanol–water partition coefficient (Wildman–Crippen LogP) is 1.69. The fraction of sp³-hybridized carbons (Fsp3) is 0.125. The van der Waals surface area contributed by atoms with Gasteiger partial charge in [0.25, 0.3) is 0 Å². The van der Waals surface area contributed by atoms with Crippen LogP contribution in [0.4, 0.5) is 0 Å². The van der Waals surface area contributed by atoms with Crippen molar-refractivity contribution in [3.63, 3.8) is 0 Å². The molecule has 0 atom stereocenters. The van der Waals surface area contributed by atoms with Gasteiger partial charge in [-0.15, -0.1) is 0 Å². The normalized spacial score (nSPS) is 10.9. The van der Waals surface area contributed by atoms with E-state index in [0.29, 0.717) is 0 Å². The standard InChI is InChI=1S/C16H10O9/c1-2-23-8-5-9-13(7(18)3-10(24-9)15(19)20)14-12(8)6(17)4-11(25-14)16(21)22/h3-5H,2H2,1H3,(H,19,20)(H,21,22). The Morgan fingerprint density at radius 2 is 1.52 bits per heavy atom. The first kappa shape index (κ1) is 16.2. The fourth-order valence-corrected chi connectivity index (χ4v) is 2.41. The lowest BCUT2D eigenvalue weighted by atomic mass is 10.1. The molecule has 0 spiro atoms. The summed E-state index contributed by atoms with van der Waals surface area (Å²) in [4.78, 5) is 46.8. The van der Waals surface area contributed by atoms with Crippen molar-refractivity contribution in [3.05, 3.63) is 50.2 Å². The topological polar surface area (TPSA) is 144 Å². The Balaban J connectivity index is 2.59. The molecule has 0 fully saturated rings. The molecule has 128 valence electrons. The summed E-state index contributed by atoms with van der Waals surface area (Å²) in [5.74, 6) is -4.26. The molecule has 2 heterocycles. The van der Waals surface area contributed by atoms with Crippen LogP contribution < -0.4 is 15.6 Å². The Labute approximate surface area is 137 Å². The van der Waals surface area contributed by atoms with E-state index in [-0.39, 0.29) is 34.3 Å². The third-order valence-electron chi connectivity index (χ3n) is 3.38. The van der Waals surface area contributed by atoms with E-state index in [4.69, 9.17) is 23.8 Å². The molecule has 0 radical (unpaired) electrons. The molecule has 0 aliphatic heterocycles. The number of rotatable bonds is 4. The summed E-state index contributed by atoms with van der Waals surface area (Å²) in [7, 11) is 0. The smallest absolute Gasteiger partial charge is 0.371 e. The molecule has 0 saturated carbocycles. The molecular weight excluding hydrogens is 336 g/mol. The van der Waals surface area contributed by atoms with E-state index >= 15 is 0 Å². The number of hydrogen-bond acceptors (Lipinski definition) is 7. The number of benzene rings is 1. The van der Waals surface area contributed by atoms with E-state index in [9.17, 15) is 19.2 Å². The van der Waals surface area contributed by atoms with Gasteiger partial charge in [-0.05, 0) is 6.92 Å². The Kier molecular flexibility index (Phi) is 3.76. The zero-order chi connectivity index (χ0) is 18.3. The summed E-state index contributed by atoms with van der Waals surface area (Å²) < 4.78 is 15.7. The van der Waals surface area contributed by atoms with Crippen molar-refractivity contribution >= 4 is 33.9 Å². The van der Waals surface area contributed by atoms with Crippen LogP contribution in [0.25, 0.3) is 21.9 Å². The quantitative estimate of drug-likeness (QED) is 0.674. The second-order valence-corrected chi connectivity index (χ2v) is 4.95. The molecular formula is C16H10O9. The predicted molar refractivity (Wildman–Crippen MR) is 83.6 cm³/mol. The first-order valence-corrected chi connectivity index (χ1v) is 7.01. The number of carbonyl (C=O) groups is 2. The Hall–Kier alpha value is -3.62. The van der Waals surface area contributed by atoms with Crippen LogP contribution in [0.5, 0.6) is 5.75 Å². The van der Waals surface area contributed by atoms with E-state index < -0.39 is 34.3 Å². The minimum atomic E-state index is -1.50. The minimum Gasteiger partial charge on any atom is -0.493 e. The molecule has 0 bridgehead atoms. The first-order valence-electron chi connectivity index (χ1n) is 7.01. The highest BCUT2D eigenvalue weighted by molar-refractivity contribution is 6.06. The Morgan fingerprint density at radius 3 is 2.08 bits per heavy atom. The van der Waals surface area contributed by atoms with E-state index in [1.807, 2.05) is 0 Å². The third-order valence-corrected chi connectivity index (χ3v) is 3.38. The van der Waals surface area contributed by atoms with Crippen molar-refractivity contribution in [1.29, 1.82) is 0 Å². The van der Waals surface area contributed by atoms with E-state index in [2.05, 4.69) is 0 Å². The zero-order valence-corrected chi connectivity index (χ0v) is 12.7. The summed E-state index contributed by atoms with van der Waals surface area (Å²) in [6.07, 6.45) is 0. The average molecular weight is 346 g/mol. The second kappa shape index (κ2) is 5.78. The molecule has 9 nitrogen and oxygen atoms in total. The maximum absolute atomic E-state index is 12.3. The summed E-state index contributed by atoms with van der Waals surface area (Å²) in [6.45, 7) is 1.80. The lowest BCUT2D eigenvalue weighted by molar-refractivity contribution is 0.0654. The van der Waals surface area contributed by atoms with Gasteiger partial charge in [-0.2, -0.15) is 0 Å². The van der Waals surface area contributed by atoms with Gasteiger partial charge in [-0.25, -0.2) is 9.59 Å². The van der Waals surface area contributed by atoms with Crippen LogP contribution in [0.15, 0.2) is 36.6 Å². The summed E-state index contributed by atoms with van der Waals surface area (Å²) >= 11 is 0. The molecule has 3 rings (SSSR count). The number of carboxylic acids is 2. The number of carboxylic acid groups (broad SMARTS) is 2. The van der Waals surface area contributed by atoms with Crippen molar-refractivity contribution in [2.75, 3.05) is 6.61 Å². The van der Waals surface area contributed by atoms with Gasteiger partial charge in [0, 0.05) is 18.2 Å². The van der Waals surface area contributed by atoms with Crippen LogP contribution in [0, 0.1) is 0 Å². The Morgan fingerprint density at radius 1 is 0.960 bits per heavy atom. The molecule has 1 aromatic carbocycles. The van der Waals surface area contributed by atoms with Gasteiger partial charge in [0.05, 0.1) is 6.61 Å². The van der Waals surface area contributed by atoms with E-state index in [0.717, 1.165) is 12.1 Å². The number of aromatic carboxylic acids is 2. The molecule has 0 aliphatic rings. The molecule has 0 saturated heterocycles. The third kappa shape index (κ3) is 2.61. The lowest BCUT2D eigenvalue weighted by Gasteiger charge is -2.09. The molecule has 9 heteroatoms. The Bertz CT molecular complexity index is 1150. The SMILES string of the molecule is CCOc1cc2oc(C(=O)O)cc(=O)c2c2oc(C(=O)O)cc(=O)c12. The van der Waals surface area contributed by atoms with Crippen LogP contribution in [-0.2, 0) is 0 Å². The van der Waals surface area contributed by atoms with E-state index in [1.54, 1.807) is 6.92 Å². The highest BCUT2D eigenvalue weighted by Gasteiger charge is 2.21. The van der Waals surface area contributed by atoms with Crippen LogP contribution in [-0.4, -0.2) is 28.8 Å². The average Bonchev–Trinajstić information content (AvgIpc) is 2.53. The van der Waals surface area contributed by atoms with Crippen LogP contribution >= 0.6 is 0 Å². The number of hydrogen-bond donors (Lipinski definition) is 2. The van der Waals surface area contributed by atoms with Crippen molar-refractivity contribution in [3.8, 4) is 5.75 Å². The van der Waals surface area contributed by atoms with Gasteiger partial charge in [-0.3, -0.25) is 9.59 Å². The second-order valence-electron chi connectivity index (χ2n) is 4.95. The first-order chi connectivity index (χ1) is 11.8. The molecule has 0 amide bonds. The van der Waals surface area contributed by atoms with Gasteiger partial charge in [0.1, 0.15) is 22.1 Å². The molecule has 2 N–H and O–H groups in total. The van der Waals surface area contributed by atoms with Crippen LogP contribution in [0.1, 0.15) is 28.0 Å². The van der Waals surface area contributed by atoms with Gasteiger partial charge in [0.15, 0.2) is 16.4 Å². The molecule has 25 heavy (non-hydrogen) atoms. The minimum absolute atomic E-state index is 0.0126. The number of ether oxygens (including phenoxy) is 1. The van der Waals surface area contributed by atoms with Crippen molar-refractivity contribution < 1.29 is 33.4 Å². The fourth-order valence-electron chi connectivity index (χ4n) is 2.41. The molecule has 3 aromatic rings. The monoisotopic (exact) mass is 346 g/mol.